The molecule has 2 fully saturated rings. The van der Waals surface area contributed by atoms with E-state index in [4.69, 9.17) is 0 Å². The SMILES string of the molecule is CCCCC1NC(c2cccs2)N(C2CCCSC2)C1=O. The lowest BCUT2D eigenvalue weighted by molar-refractivity contribution is -0.132. The maximum Gasteiger partial charge on any atom is 0.241 e. The molecule has 21 heavy (non-hydrogen) atoms. The van der Waals surface area contributed by atoms with Crippen molar-refractivity contribution >= 4 is 29.0 Å². The van der Waals surface area contributed by atoms with Gasteiger partial charge in [-0.1, -0.05) is 25.8 Å². The fourth-order valence-electron chi connectivity index (χ4n) is 3.26. The van der Waals surface area contributed by atoms with Crippen molar-refractivity contribution in [3.05, 3.63) is 22.4 Å². The maximum atomic E-state index is 12.9. The summed E-state index contributed by atoms with van der Waals surface area (Å²) in [5.74, 6) is 2.67. The number of carbonyl (C=O) groups is 1. The summed E-state index contributed by atoms with van der Waals surface area (Å²) in [4.78, 5) is 16.3. The van der Waals surface area contributed by atoms with Crippen molar-refractivity contribution in [3.8, 4) is 0 Å². The zero-order valence-corrected chi connectivity index (χ0v) is 14.2. The van der Waals surface area contributed by atoms with Crippen molar-refractivity contribution in [3.63, 3.8) is 0 Å². The van der Waals surface area contributed by atoms with E-state index in [0.29, 0.717) is 11.9 Å². The number of nitrogens with one attached hydrogen (secondary N) is 1. The molecule has 0 bridgehead atoms. The molecule has 3 heterocycles. The maximum absolute atomic E-state index is 12.9. The molecular weight excluding hydrogens is 300 g/mol. The first-order valence-corrected chi connectivity index (χ1v) is 10.0. The summed E-state index contributed by atoms with van der Waals surface area (Å²) in [6.07, 6.45) is 5.72. The van der Waals surface area contributed by atoms with Crippen LogP contribution in [0.3, 0.4) is 0 Å². The second kappa shape index (κ2) is 7.16. The highest BCUT2D eigenvalue weighted by atomic mass is 32.2. The Hall–Kier alpha value is -0.520. The normalized spacial score (nSPS) is 30.0. The molecule has 0 aliphatic carbocycles. The molecule has 1 aromatic rings. The van der Waals surface area contributed by atoms with E-state index < -0.39 is 0 Å². The average Bonchev–Trinajstić information content (AvgIpc) is 3.14. The van der Waals surface area contributed by atoms with Crippen molar-refractivity contribution < 1.29 is 4.79 Å². The summed E-state index contributed by atoms with van der Waals surface area (Å²) in [7, 11) is 0. The molecule has 2 aliphatic rings. The fourth-order valence-corrected chi connectivity index (χ4v) is 5.18. The van der Waals surface area contributed by atoms with Crippen LogP contribution in [-0.4, -0.2) is 34.4 Å². The summed E-state index contributed by atoms with van der Waals surface area (Å²) in [5, 5.41) is 5.71. The molecule has 2 saturated heterocycles. The first-order chi connectivity index (χ1) is 10.3. The van der Waals surface area contributed by atoms with E-state index in [-0.39, 0.29) is 12.2 Å². The second-order valence-corrected chi connectivity index (χ2v) is 8.03. The minimum Gasteiger partial charge on any atom is -0.317 e. The van der Waals surface area contributed by atoms with Gasteiger partial charge in [-0.05, 0) is 36.5 Å². The number of carbonyl (C=O) groups excluding carboxylic acids is 1. The van der Waals surface area contributed by atoms with Crippen LogP contribution in [0, 0.1) is 0 Å². The van der Waals surface area contributed by atoms with Crippen molar-refractivity contribution in [2.45, 2.75) is 57.3 Å². The number of unbranched alkanes of at least 4 members (excludes halogenated alkanes) is 1. The van der Waals surface area contributed by atoms with Crippen molar-refractivity contribution in [2.75, 3.05) is 11.5 Å². The Bertz CT molecular complexity index is 457. The smallest absolute Gasteiger partial charge is 0.241 e. The van der Waals surface area contributed by atoms with Gasteiger partial charge < -0.3 is 4.90 Å². The Kier molecular flexibility index (Phi) is 5.24. The molecule has 0 spiro atoms. The number of nitrogens with zero attached hydrogens (tertiary/aromatic N) is 1. The molecule has 1 amide bonds. The molecule has 3 nitrogen and oxygen atoms in total. The van der Waals surface area contributed by atoms with Crippen LogP contribution < -0.4 is 5.32 Å². The molecule has 0 saturated carbocycles. The molecule has 1 N–H and O–H groups in total. The highest BCUT2D eigenvalue weighted by Crippen LogP contribution is 2.35. The molecule has 3 atom stereocenters. The van der Waals surface area contributed by atoms with E-state index >= 15 is 0 Å². The van der Waals surface area contributed by atoms with Crippen LogP contribution in [0.1, 0.15) is 50.1 Å². The van der Waals surface area contributed by atoms with E-state index in [1.54, 1.807) is 11.3 Å². The highest BCUT2D eigenvalue weighted by molar-refractivity contribution is 7.99. The molecule has 3 unspecified atom stereocenters. The second-order valence-electron chi connectivity index (χ2n) is 5.90. The average molecular weight is 325 g/mol. The van der Waals surface area contributed by atoms with Crippen LogP contribution in [0.2, 0.25) is 0 Å². The lowest BCUT2D eigenvalue weighted by Gasteiger charge is -2.34. The number of hydrogen-bond acceptors (Lipinski definition) is 4. The van der Waals surface area contributed by atoms with Crippen LogP contribution in [-0.2, 0) is 4.79 Å². The van der Waals surface area contributed by atoms with Gasteiger partial charge in [0, 0.05) is 16.7 Å². The standard InChI is InChI=1S/C16H24N2OS2/c1-2-3-7-13-16(19)18(12-6-4-9-20-11-12)15(17-13)14-8-5-10-21-14/h5,8,10,12-13,15,17H,2-4,6-7,9,11H2,1H3. The van der Waals surface area contributed by atoms with Crippen molar-refractivity contribution in [1.82, 2.24) is 10.2 Å². The Labute approximate surface area is 135 Å². The topological polar surface area (TPSA) is 32.3 Å². The number of rotatable bonds is 5. The predicted molar refractivity (Wildman–Crippen MR) is 90.7 cm³/mol. The molecule has 2 aliphatic heterocycles. The largest absolute Gasteiger partial charge is 0.317 e. The van der Waals surface area contributed by atoms with Gasteiger partial charge in [0.1, 0.15) is 6.17 Å². The third-order valence-corrected chi connectivity index (χ3v) is 6.50. The minimum atomic E-state index is 0.0176. The molecule has 1 aromatic heterocycles. The van der Waals surface area contributed by atoms with Gasteiger partial charge in [-0.3, -0.25) is 10.1 Å². The van der Waals surface area contributed by atoms with Crippen molar-refractivity contribution in [1.29, 1.82) is 0 Å². The summed E-state index contributed by atoms with van der Waals surface area (Å²) in [5.41, 5.74) is 0. The predicted octanol–water partition coefficient (Wildman–Crippen LogP) is 3.63. The van der Waals surface area contributed by atoms with E-state index in [0.717, 1.165) is 31.4 Å². The summed E-state index contributed by atoms with van der Waals surface area (Å²) in [6.45, 7) is 2.19. The number of hydrogen-bond donors (Lipinski definition) is 1. The van der Waals surface area contributed by atoms with Gasteiger partial charge in [-0.2, -0.15) is 11.8 Å². The highest BCUT2D eigenvalue weighted by Gasteiger charge is 2.43. The van der Waals surface area contributed by atoms with Gasteiger partial charge in [0.15, 0.2) is 0 Å². The summed E-state index contributed by atoms with van der Waals surface area (Å²) >= 11 is 3.74. The van der Waals surface area contributed by atoms with Gasteiger partial charge in [0.05, 0.1) is 6.04 Å². The first kappa shape index (κ1) is 15.4. The third kappa shape index (κ3) is 3.30. The summed E-state index contributed by atoms with van der Waals surface area (Å²) < 4.78 is 0. The van der Waals surface area contributed by atoms with E-state index in [2.05, 4.69) is 34.7 Å². The first-order valence-electron chi connectivity index (χ1n) is 8.00. The van der Waals surface area contributed by atoms with Gasteiger partial charge in [-0.15, -0.1) is 11.3 Å². The Morgan fingerprint density at radius 3 is 3.05 bits per heavy atom. The van der Waals surface area contributed by atoms with Crippen LogP contribution in [0.4, 0.5) is 0 Å². The van der Waals surface area contributed by atoms with Crippen LogP contribution in [0.15, 0.2) is 17.5 Å². The molecule has 5 heteroatoms. The lowest BCUT2D eigenvalue weighted by Crippen LogP contribution is -2.42. The van der Waals surface area contributed by atoms with Gasteiger partial charge in [0.2, 0.25) is 5.91 Å². The molecule has 116 valence electrons. The van der Waals surface area contributed by atoms with E-state index in [1.165, 1.54) is 17.1 Å². The molecule has 0 aromatic carbocycles. The van der Waals surface area contributed by atoms with Crippen LogP contribution in [0.25, 0.3) is 0 Å². The third-order valence-electron chi connectivity index (χ3n) is 4.38. The number of thioether (sulfide) groups is 1. The Morgan fingerprint density at radius 2 is 2.38 bits per heavy atom. The zero-order valence-electron chi connectivity index (χ0n) is 12.6. The molecular formula is C16H24N2OS2. The van der Waals surface area contributed by atoms with Gasteiger partial charge in [-0.25, -0.2) is 0 Å². The Morgan fingerprint density at radius 1 is 1.48 bits per heavy atom. The Balaban J connectivity index is 1.79. The molecule has 3 rings (SSSR count). The van der Waals surface area contributed by atoms with E-state index in [1.807, 2.05) is 11.8 Å². The number of thiophene rings is 1. The van der Waals surface area contributed by atoms with E-state index in [9.17, 15) is 4.79 Å². The summed E-state index contributed by atoms with van der Waals surface area (Å²) in [6, 6.07) is 4.66. The quantitative estimate of drug-likeness (QED) is 0.897. The van der Waals surface area contributed by atoms with Crippen LogP contribution in [0.5, 0.6) is 0 Å². The fraction of sp³-hybridized carbons (Fsp3) is 0.688. The van der Waals surface area contributed by atoms with Gasteiger partial charge >= 0.3 is 0 Å². The zero-order chi connectivity index (χ0) is 14.7. The van der Waals surface area contributed by atoms with Gasteiger partial charge in [0.25, 0.3) is 0 Å². The lowest BCUT2D eigenvalue weighted by atomic mass is 10.1. The number of amides is 1. The monoisotopic (exact) mass is 324 g/mol. The van der Waals surface area contributed by atoms with Crippen molar-refractivity contribution in [2.24, 2.45) is 0 Å². The molecule has 0 radical (unpaired) electrons. The minimum absolute atomic E-state index is 0.0176. The van der Waals surface area contributed by atoms with Crippen LogP contribution >= 0.6 is 23.1 Å².